The van der Waals surface area contributed by atoms with Crippen LogP contribution in [0, 0.1) is 5.92 Å². The third kappa shape index (κ3) is 4.49. The molecular formula is C23H35ClN2O2. The molecule has 0 unspecified atom stereocenters. The number of fused-ring (bicyclic) bond motifs is 3. The van der Waals surface area contributed by atoms with Crippen molar-refractivity contribution in [2.45, 2.75) is 69.7 Å². The van der Waals surface area contributed by atoms with Crippen molar-refractivity contribution < 1.29 is 9.53 Å². The van der Waals surface area contributed by atoms with Gasteiger partial charge in [0.2, 0.25) is 0 Å². The number of carbonyl (C=O) groups is 1. The average molecular weight is 407 g/mol. The largest absolute Gasteiger partial charge is 0.414 e. The summed E-state index contributed by atoms with van der Waals surface area (Å²) < 4.78 is 5.64. The van der Waals surface area contributed by atoms with Crippen LogP contribution in [0.5, 0.6) is 5.75 Å². The molecule has 0 radical (unpaired) electrons. The lowest BCUT2D eigenvalue weighted by Crippen LogP contribution is -2.36. The number of carbonyl (C=O) groups excluding carboxylic acids is 1. The number of likely N-dealkylation sites (tertiary alicyclic amines) is 1. The van der Waals surface area contributed by atoms with Gasteiger partial charge in [-0.1, -0.05) is 37.8 Å². The Balaban J connectivity index is 0.00000225. The van der Waals surface area contributed by atoms with Gasteiger partial charge in [-0.25, -0.2) is 4.79 Å². The van der Waals surface area contributed by atoms with Gasteiger partial charge in [-0.2, -0.15) is 0 Å². The van der Waals surface area contributed by atoms with Crippen LogP contribution in [0.3, 0.4) is 0 Å². The molecule has 28 heavy (non-hydrogen) atoms. The molecule has 3 aliphatic rings. The lowest BCUT2D eigenvalue weighted by atomic mass is 9.79. The van der Waals surface area contributed by atoms with Crippen LogP contribution < -0.4 is 4.74 Å². The zero-order valence-electron chi connectivity index (χ0n) is 17.4. The van der Waals surface area contributed by atoms with E-state index in [0.717, 1.165) is 18.1 Å². The quantitative estimate of drug-likeness (QED) is 0.670. The minimum Gasteiger partial charge on any atom is -0.410 e. The van der Waals surface area contributed by atoms with Gasteiger partial charge in [-0.05, 0) is 68.3 Å². The number of rotatable bonds is 5. The van der Waals surface area contributed by atoms with Crippen LogP contribution in [0.4, 0.5) is 4.79 Å². The van der Waals surface area contributed by atoms with Crippen molar-refractivity contribution in [1.29, 1.82) is 0 Å². The molecule has 1 aromatic rings. The van der Waals surface area contributed by atoms with Crippen molar-refractivity contribution in [3.8, 4) is 5.75 Å². The molecule has 1 amide bonds. The van der Waals surface area contributed by atoms with Crippen LogP contribution >= 0.6 is 12.4 Å². The van der Waals surface area contributed by atoms with Crippen molar-refractivity contribution in [1.82, 2.24) is 9.80 Å². The predicted molar refractivity (Wildman–Crippen MR) is 116 cm³/mol. The molecule has 1 heterocycles. The summed E-state index contributed by atoms with van der Waals surface area (Å²) in [6.45, 7) is 2.49. The van der Waals surface area contributed by atoms with Crippen LogP contribution in [-0.2, 0) is 6.42 Å². The Morgan fingerprint density at radius 2 is 1.96 bits per heavy atom. The van der Waals surface area contributed by atoms with Gasteiger partial charge in [0.05, 0.1) is 0 Å². The van der Waals surface area contributed by atoms with E-state index in [1.807, 2.05) is 6.07 Å². The maximum Gasteiger partial charge on any atom is 0.414 e. The minimum absolute atomic E-state index is 0. The highest BCUT2D eigenvalue weighted by Crippen LogP contribution is 2.44. The fraction of sp³-hybridized carbons (Fsp3) is 0.696. The monoisotopic (exact) mass is 406 g/mol. The van der Waals surface area contributed by atoms with Crippen molar-refractivity contribution in [3.05, 3.63) is 29.3 Å². The Morgan fingerprint density at radius 1 is 1.18 bits per heavy atom. The predicted octanol–water partition coefficient (Wildman–Crippen LogP) is 5.24. The highest BCUT2D eigenvalue weighted by Gasteiger charge is 2.39. The molecule has 1 aliphatic heterocycles. The second-order valence-corrected chi connectivity index (χ2v) is 8.92. The Bertz CT molecular complexity index is 673. The molecule has 2 atom stereocenters. The second kappa shape index (κ2) is 9.49. The Kier molecular flexibility index (Phi) is 7.27. The molecule has 0 bridgehead atoms. The number of benzene rings is 1. The molecule has 4 rings (SSSR count). The molecule has 4 nitrogen and oxygen atoms in total. The van der Waals surface area contributed by atoms with Crippen LogP contribution in [0.1, 0.15) is 68.4 Å². The second-order valence-electron chi connectivity index (χ2n) is 8.92. The number of nitrogens with zero attached hydrogens (tertiary/aromatic N) is 2. The van der Waals surface area contributed by atoms with Crippen LogP contribution in [-0.4, -0.2) is 49.1 Å². The lowest BCUT2D eigenvalue weighted by Gasteiger charge is -2.34. The van der Waals surface area contributed by atoms with Crippen molar-refractivity contribution in [3.63, 3.8) is 0 Å². The van der Waals surface area contributed by atoms with Crippen LogP contribution in [0.15, 0.2) is 18.2 Å². The van der Waals surface area contributed by atoms with E-state index >= 15 is 0 Å². The lowest BCUT2D eigenvalue weighted by molar-refractivity contribution is 0.170. The molecule has 5 heteroatoms. The molecule has 2 aliphatic carbocycles. The standard InChI is InChI=1S/C23H34N2O2.ClH/c1-24(2)23(26)27-22-11-5-10-18-19-14-16-25(21(19)13-12-20(18)22)15-6-9-17-7-3-4-8-17;/h5,10-11,17,19,21H,3-4,6-9,12-16H2,1-2H3;1H/t19-,21+;/m0./s1. The summed E-state index contributed by atoms with van der Waals surface area (Å²) in [6.07, 6.45) is 11.8. The minimum atomic E-state index is -0.287. The molecule has 1 aromatic carbocycles. The van der Waals surface area contributed by atoms with Crippen LogP contribution in [0.2, 0.25) is 0 Å². The van der Waals surface area contributed by atoms with Crippen molar-refractivity contribution in [2.24, 2.45) is 5.92 Å². The molecular weight excluding hydrogens is 372 g/mol. The van der Waals surface area contributed by atoms with Crippen molar-refractivity contribution in [2.75, 3.05) is 27.2 Å². The van der Waals surface area contributed by atoms with E-state index in [1.165, 1.54) is 80.5 Å². The van der Waals surface area contributed by atoms with E-state index in [-0.39, 0.29) is 18.5 Å². The normalized spacial score (nSPS) is 24.4. The molecule has 0 spiro atoms. The Hall–Kier alpha value is -1.26. The molecule has 1 saturated heterocycles. The average Bonchev–Trinajstić information content (AvgIpc) is 3.32. The zero-order chi connectivity index (χ0) is 18.8. The summed E-state index contributed by atoms with van der Waals surface area (Å²) in [5, 5.41) is 0. The third-order valence-corrected chi connectivity index (χ3v) is 7.01. The smallest absolute Gasteiger partial charge is 0.410 e. The summed E-state index contributed by atoms with van der Waals surface area (Å²) in [5.41, 5.74) is 2.69. The number of hydrogen-bond acceptors (Lipinski definition) is 3. The summed E-state index contributed by atoms with van der Waals surface area (Å²) in [4.78, 5) is 16.2. The van der Waals surface area contributed by atoms with E-state index in [4.69, 9.17) is 4.74 Å². The fourth-order valence-electron chi connectivity index (χ4n) is 5.59. The summed E-state index contributed by atoms with van der Waals surface area (Å²) in [7, 11) is 3.46. The van der Waals surface area contributed by atoms with Gasteiger partial charge in [-0.15, -0.1) is 12.4 Å². The Labute approximate surface area is 176 Å². The first-order valence-electron chi connectivity index (χ1n) is 10.9. The molecule has 0 aromatic heterocycles. The first-order valence-corrected chi connectivity index (χ1v) is 10.9. The van der Waals surface area contributed by atoms with E-state index < -0.39 is 0 Å². The first kappa shape index (κ1) is 21.4. The molecule has 1 saturated carbocycles. The first-order chi connectivity index (χ1) is 13.1. The van der Waals surface area contributed by atoms with Gasteiger partial charge >= 0.3 is 6.09 Å². The van der Waals surface area contributed by atoms with Crippen LogP contribution in [0.25, 0.3) is 0 Å². The van der Waals surface area contributed by atoms with E-state index in [2.05, 4.69) is 17.0 Å². The molecule has 0 N–H and O–H groups in total. The fourth-order valence-corrected chi connectivity index (χ4v) is 5.59. The summed E-state index contributed by atoms with van der Waals surface area (Å²) >= 11 is 0. The van der Waals surface area contributed by atoms with Gasteiger partial charge < -0.3 is 9.64 Å². The SMILES string of the molecule is CN(C)C(=O)Oc1cccc2c1CC[C@@H]1[C@H]2CCN1CCCC1CCCC1.Cl. The van der Waals surface area contributed by atoms with E-state index in [9.17, 15) is 4.79 Å². The number of ether oxygens (including phenoxy) is 1. The maximum absolute atomic E-state index is 12.0. The van der Waals surface area contributed by atoms with E-state index in [1.54, 1.807) is 14.1 Å². The summed E-state index contributed by atoms with van der Waals surface area (Å²) in [6, 6.07) is 6.96. The number of hydrogen-bond donors (Lipinski definition) is 0. The van der Waals surface area contributed by atoms with E-state index in [0.29, 0.717) is 12.0 Å². The van der Waals surface area contributed by atoms with Gasteiger partial charge in [0, 0.05) is 26.1 Å². The number of amides is 1. The van der Waals surface area contributed by atoms with Gasteiger partial charge in [0.1, 0.15) is 5.75 Å². The van der Waals surface area contributed by atoms with Gasteiger partial charge in [0.25, 0.3) is 0 Å². The third-order valence-electron chi connectivity index (χ3n) is 7.01. The maximum atomic E-state index is 12.0. The highest BCUT2D eigenvalue weighted by molar-refractivity contribution is 5.85. The van der Waals surface area contributed by atoms with Crippen molar-refractivity contribution >= 4 is 18.5 Å². The topological polar surface area (TPSA) is 32.8 Å². The van der Waals surface area contributed by atoms with Gasteiger partial charge in [0.15, 0.2) is 0 Å². The number of halogens is 1. The zero-order valence-corrected chi connectivity index (χ0v) is 18.2. The Morgan fingerprint density at radius 3 is 2.71 bits per heavy atom. The summed E-state index contributed by atoms with van der Waals surface area (Å²) in [5.74, 6) is 2.38. The van der Waals surface area contributed by atoms with Gasteiger partial charge in [-0.3, -0.25) is 4.90 Å². The highest BCUT2D eigenvalue weighted by atomic mass is 35.5. The molecule has 156 valence electrons. The molecule has 2 fully saturated rings.